The molecule has 6 heteroatoms. The molecule has 0 saturated carbocycles. The largest absolute Gasteiger partial charge is 0.304 e. The summed E-state index contributed by atoms with van der Waals surface area (Å²) < 4.78 is 3.87. The lowest BCUT2D eigenvalue weighted by molar-refractivity contribution is 0.533. The highest BCUT2D eigenvalue weighted by Gasteiger charge is 2.22. The summed E-state index contributed by atoms with van der Waals surface area (Å²) in [4.78, 5) is 1.22. The van der Waals surface area contributed by atoms with Gasteiger partial charge in [0, 0.05) is 11.4 Å². The van der Waals surface area contributed by atoms with Crippen molar-refractivity contribution in [3.05, 3.63) is 37.7 Å². The number of aromatic nitrogens is 2. The highest BCUT2D eigenvalue weighted by atomic mass is 79.9. The summed E-state index contributed by atoms with van der Waals surface area (Å²) in [6, 6.07) is 4.16. The Labute approximate surface area is 131 Å². The predicted octanol–water partition coefficient (Wildman–Crippen LogP) is 4.47. The topological polar surface area (TPSA) is 29.9 Å². The number of hydrogen-bond donors (Lipinski definition) is 1. The molecule has 0 aliphatic heterocycles. The summed E-state index contributed by atoms with van der Waals surface area (Å²) in [5.74, 6) is 0. The van der Waals surface area contributed by atoms with Gasteiger partial charge < -0.3 is 5.32 Å². The molecule has 19 heavy (non-hydrogen) atoms. The first-order valence-electron chi connectivity index (χ1n) is 6.37. The molecule has 0 spiro atoms. The van der Waals surface area contributed by atoms with Crippen molar-refractivity contribution in [2.75, 3.05) is 6.54 Å². The standard InChI is InChI=1S/C13H17BrClN3S/c1-3-7-16-12(10-5-6-11(15)19-10)13-9(14)8-17-18(13)4-2/h5-6,8,12,16H,3-4,7H2,1-2H3. The molecule has 2 aromatic heterocycles. The predicted molar refractivity (Wildman–Crippen MR) is 85.1 cm³/mol. The third kappa shape index (κ3) is 3.40. The van der Waals surface area contributed by atoms with Crippen LogP contribution in [0.5, 0.6) is 0 Å². The molecule has 1 unspecified atom stereocenters. The van der Waals surface area contributed by atoms with Crippen molar-refractivity contribution in [3.8, 4) is 0 Å². The van der Waals surface area contributed by atoms with E-state index < -0.39 is 0 Å². The molecule has 0 saturated heterocycles. The van der Waals surface area contributed by atoms with Gasteiger partial charge >= 0.3 is 0 Å². The lowest BCUT2D eigenvalue weighted by Crippen LogP contribution is -2.25. The van der Waals surface area contributed by atoms with Gasteiger partial charge in [-0.2, -0.15) is 5.10 Å². The van der Waals surface area contributed by atoms with Gasteiger partial charge in [-0.05, 0) is 48.0 Å². The zero-order valence-electron chi connectivity index (χ0n) is 11.0. The summed E-state index contributed by atoms with van der Waals surface area (Å²) in [5, 5.41) is 7.97. The summed E-state index contributed by atoms with van der Waals surface area (Å²) >= 11 is 11.3. The number of nitrogens with zero attached hydrogens (tertiary/aromatic N) is 2. The van der Waals surface area contributed by atoms with Crippen molar-refractivity contribution < 1.29 is 0 Å². The zero-order chi connectivity index (χ0) is 13.8. The quantitative estimate of drug-likeness (QED) is 0.821. The van der Waals surface area contributed by atoms with E-state index >= 15 is 0 Å². The second-order valence-electron chi connectivity index (χ2n) is 4.22. The molecule has 2 heterocycles. The maximum absolute atomic E-state index is 6.07. The van der Waals surface area contributed by atoms with Gasteiger partial charge in [0.2, 0.25) is 0 Å². The molecule has 0 fully saturated rings. The summed E-state index contributed by atoms with van der Waals surface area (Å²) in [5.41, 5.74) is 1.16. The van der Waals surface area contributed by atoms with Crippen LogP contribution in [-0.4, -0.2) is 16.3 Å². The smallest absolute Gasteiger partial charge is 0.0931 e. The zero-order valence-corrected chi connectivity index (χ0v) is 14.1. The number of thiophene rings is 1. The Hall–Kier alpha value is -0.360. The van der Waals surface area contributed by atoms with Gasteiger partial charge in [-0.25, -0.2) is 0 Å². The van der Waals surface area contributed by atoms with Gasteiger partial charge in [0.05, 0.1) is 26.7 Å². The molecule has 1 atom stereocenters. The molecule has 0 amide bonds. The lowest BCUT2D eigenvalue weighted by Gasteiger charge is -2.19. The molecule has 0 aromatic carbocycles. The van der Waals surface area contributed by atoms with Crippen molar-refractivity contribution in [2.45, 2.75) is 32.9 Å². The minimum absolute atomic E-state index is 0.134. The first-order chi connectivity index (χ1) is 9.17. The van der Waals surface area contributed by atoms with E-state index in [4.69, 9.17) is 11.6 Å². The molecular weight excluding hydrogens is 346 g/mol. The molecule has 1 N–H and O–H groups in total. The van der Waals surface area contributed by atoms with Crippen LogP contribution in [0, 0.1) is 0 Å². The van der Waals surface area contributed by atoms with Gasteiger partial charge in [-0.3, -0.25) is 4.68 Å². The Bertz CT molecular complexity index is 538. The normalized spacial score (nSPS) is 12.8. The average Bonchev–Trinajstić information content (AvgIpc) is 2.98. The molecular formula is C13H17BrClN3S. The van der Waals surface area contributed by atoms with E-state index in [0.717, 1.165) is 34.0 Å². The maximum atomic E-state index is 6.07. The summed E-state index contributed by atoms with van der Waals surface area (Å²) in [7, 11) is 0. The van der Waals surface area contributed by atoms with Crippen LogP contribution < -0.4 is 5.32 Å². The van der Waals surface area contributed by atoms with Crippen LogP contribution in [0.15, 0.2) is 22.8 Å². The number of aryl methyl sites for hydroxylation is 1. The highest BCUT2D eigenvalue weighted by molar-refractivity contribution is 9.10. The fourth-order valence-corrected chi connectivity index (χ4v) is 3.68. The van der Waals surface area contributed by atoms with Gasteiger partial charge in [-0.1, -0.05) is 18.5 Å². The summed E-state index contributed by atoms with van der Waals surface area (Å²) in [6.45, 7) is 6.07. The van der Waals surface area contributed by atoms with E-state index in [2.05, 4.69) is 46.3 Å². The number of hydrogen-bond acceptors (Lipinski definition) is 3. The van der Waals surface area contributed by atoms with Gasteiger partial charge in [0.15, 0.2) is 0 Å². The fraction of sp³-hybridized carbons (Fsp3) is 0.462. The second kappa shape index (κ2) is 6.88. The molecule has 0 aliphatic rings. The van der Waals surface area contributed by atoms with Crippen molar-refractivity contribution >= 4 is 38.9 Å². The van der Waals surface area contributed by atoms with Crippen molar-refractivity contribution in [1.29, 1.82) is 0 Å². The number of nitrogens with one attached hydrogen (secondary N) is 1. The Morgan fingerprint density at radius 1 is 1.47 bits per heavy atom. The highest BCUT2D eigenvalue weighted by Crippen LogP contribution is 2.34. The third-order valence-corrected chi connectivity index (χ3v) is 4.79. The lowest BCUT2D eigenvalue weighted by atomic mass is 10.1. The van der Waals surface area contributed by atoms with E-state index in [1.165, 1.54) is 4.88 Å². The number of halogens is 2. The second-order valence-corrected chi connectivity index (χ2v) is 6.82. The van der Waals surface area contributed by atoms with Crippen LogP contribution in [0.1, 0.15) is 36.9 Å². The van der Waals surface area contributed by atoms with Crippen molar-refractivity contribution in [2.24, 2.45) is 0 Å². The van der Waals surface area contributed by atoms with E-state index in [1.54, 1.807) is 11.3 Å². The van der Waals surface area contributed by atoms with E-state index in [1.807, 2.05) is 16.9 Å². The number of rotatable bonds is 6. The van der Waals surface area contributed by atoms with Crippen LogP contribution in [0.2, 0.25) is 4.34 Å². The Balaban J connectivity index is 2.39. The van der Waals surface area contributed by atoms with E-state index in [9.17, 15) is 0 Å². The molecule has 2 rings (SSSR count). The van der Waals surface area contributed by atoms with E-state index in [-0.39, 0.29) is 6.04 Å². The van der Waals surface area contributed by atoms with Gasteiger partial charge in [0.25, 0.3) is 0 Å². The van der Waals surface area contributed by atoms with Crippen molar-refractivity contribution in [1.82, 2.24) is 15.1 Å². The van der Waals surface area contributed by atoms with Gasteiger partial charge in [-0.15, -0.1) is 11.3 Å². The first-order valence-corrected chi connectivity index (χ1v) is 8.35. The summed E-state index contributed by atoms with van der Waals surface area (Å²) in [6.07, 6.45) is 2.95. The molecule has 3 nitrogen and oxygen atoms in total. The van der Waals surface area contributed by atoms with Crippen molar-refractivity contribution in [3.63, 3.8) is 0 Å². The van der Waals surface area contributed by atoms with Crippen LogP contribution in [-0.2, 0) is 6.54 Å². The monoisotopic (exact) mass is 361 g/mol. The Morgan fingerprint density at radius 3 is 2.84 bits per heavy atom. The first kappa shape index (κ1) is 15.0. The molecule has 2 aromatic rings. The SMILES string of the molecule is CCCNC(c1ccc(Cl)s1)c1c(Br)cnn1CC. The van der Waals surface area contributed by atoms with E-state index in [0.29, 0.717) is 0 Å². The van der Waals surface area contributed by atoms with Crippen LogP contribution in [0.4, 0.5) is 0 Å². The van der Waals surface area contributed by atoms with Crippen LogP contribution in [0.3, 0.4) is 0 Å². The molecule has 0 radical (unpaired) electrons. The average molecular weight is 363 g/mol. The van der Waals surface area contributed by atoms with Gasteiger partial charge in [0.1, 0.15) is 0 Å². The Kier molecular flexibility index (Phi) is 5.45. The third-order valence-electron chi connectivity index (χ3n) is 2.88. The van der Waals surface area contributed by atoms with Crippen LogP contribution in [0.25, 0.3) is 0 Å². The minimum atomic E-state index is 0.134. The fourth-order valence-electron chi connectivity index (χ4n) is 2.02. The molecule has 0 aliphatic carbocycles. The Morgan fingerprint density at radius 2 is 2.26 bits per heavy atom. The molecule has 104 valence electrons. The van der Waals surface area contributed by atoms with Crippen LogP contribution >= 0.6 is 38.9 Å². The minimum Gasteiger partial charge on any atom is -0.304 e. The molecule has 0 bridgehead atoms. The maximum Gasteiger partial charge on any atom is 0.0931 e.